The molecule has 0 fully saturated rings. The molecule has 0 saturated heterocycles. The van der Waals surface area contributed by atoms with Crippen molar-refractivity contribution in [3.8, 4) is 45.6 Å². The summed E-state index contributed by atoms with van der Waals surface area (Å²) in [6.07, 6.45) is 6.76. The number of rotatable bonds is 5. The first-order chi connectivity index (χ1) is 22.6. The van der Waals surface area contributed by atoms with E-state index in [0.717, 1.165) is 71.5 Å². The van der Waals surface area contributed by atoms with Crippen LogP contribution < -0.4 is 5.73 Å². The summed E-state index contributed by atoms with van der Waals surface area (Å²) in [7, 11) is 0. The fourth-order valence-electron chi connectivity index (χ4n) is 6.14. The van der Waals surface area contributed by atoms with E-state index in [1.54, 1.807) is 31.5 Å². The highest BCUT2D eigenvalue weighted by molar-refractivity contribution is 6.21. The van der Waals surface area contributed by atoms with Gasteiger partial charge in [-0.3, -0.25) is 9.97 Å². The average Bonchev–Trinajstić information content (AvgIpc) is 3.12. The molecule has 216 valence electrons. The van der Waals surface area contributed by atoms with E-state index in [-0.39, 0.29) is 0 Å². The van der Waals surface area contributed by atoms with Crippen LogP contribution in [0.5, 0.6) is 0 Å². The van der Waals surface area contributed by atoms with Crippen LogP contribution in [0.25, 0.3) is 71.5 Å². The van der Waals surface area contributed by atoms with Crippen molar-refractivity contribution in [2.45, 2.75) is 6.92 Å². The lowest BCUT2D eigenvalue weighted by Crippen LogP contribution is -1.93. The first-order valence-electron chi connectivity index (χ1n) is 14.9. The third-order valence-corrected chi connectivity index (χ3v) is 8.32. The van der Waals surface area contributed by atoms with Gasteiger partial charge in [-0.15, -0.1) is 0 Å². The van der Waals surface area contributed by atoms with Gasteiger partial charge < -0.3 is 5.73 Å². The fourth-order valence-corrected chi connectivity index (χ4v) is 6.14. The van der Waals surface area contributed by atoms with E-state index >= 15 is 0 Å². The van der Waals surface area contributed by atoms with Gasteiger partial charge in [-0.2, -0.15) is 10.5 Å². The maximum atomic E-state index is 9.34. The lowest BCUT2D eigenvalue weighted by molar-refractivity contribution is 1.31. The Labute approximate surface area is 266 Å². The van der Waals surface area contributed by atoms with Crippen molar-refractivity contribution in [3.63, 3.8) is 0 Å². The summed E-state index contributed by atoms with van der Waals surface area (Å²) in [4.78, 5) is 9.29. The van der Waals surface area contributed by atoms with Gasteiger partial charge in [0, 0.05) is 40.7 Å². The maximum absolute atomic E-state index is 9.34. The minimum Gasteiger partial charge on any atom is -0.404 e. The molecule has 2 aromatic heterocycles. The Bertz CT molecular complexity index is 2400. The lowest BCUT2D eigenvalue weighted by atomic mass is 9.85. The Hall–Kier alpha value is -6.56. The maximum Gasteiger partial charge on any atom is 0.0992 e. The zero-order valence-corrected chi connectivity index (χ0v) is 25.1. The molecular formula is C41H27N5. The summed E-state index contributed by atoms with van der Waals surface area (Å²) < 4.78 is 0. The predicted molar refractivity (Wildman–Crippen MR) is 187 cm³/mol. The number of nitriles is 2. The molecule has 0 aliphatic rings. The van der Waals surface area contributed by atoms with Crippen molar-refractivity contribution in [1.82, 2.24) is 9.97 Å². The number of allylic oxidation sites excluding steroid dienone is 3. The van der Waals surface area contributed by atoms with Crippen LogP contribution in [0.2, 0.25) is 0 Å². The number of benzene rings is 5. The number of hydrogen-bond acceptors (Lipinski definition) is 5. The summed E-state index contributed by atoms with van der Waals surface area (Å²) in [5, 5.41) is 24.2. The van der Waals surface area contributed by atoms with Crippen LogP contribution in [0.4, 0.5) is 0 Å². The van der Waals surface area contributed by atoms with Gasteiger partial charge in [-0.05, 0) is 86.6 Å². The van der Waals surface area contributed by atoms with E-state index in [1.165, 1.54) is 11.8 Å². The van der Waals surface area contributed by atoms with E-state index in [1.807, 2.05) is 6.07 Å². The highest BCUT2D eigenvalue weighted by Crippen LogP contribution is 2.44. The van der Waals surface area contributed by atoms with Crippen LogP contribution in [0.3, 0.4) is 0 Å². The smallest absolute Gasteiger partial charge is 0.0992 e. The Morgan fingerprint density at radius 2 is 1.30 bits per heavy atom. The average molecular weight is 590 g/mol. The first kappa shape index (κ1) is 28.2. The van der Waals surface area contributed by atoms with Gasteiger partial charge in [0.1, 0.15) is 0 Å². The van der Waals surface area contributed by atoms with Gasteiger partial charge in [0.05, 0.1) is 28.9 Å². The van der Waals surface area contributed by atoms with Crippen LogP contribution in [0, 0.1) is 22.7 Å². The molecule has 0 atom stereocenters. The number of pyridine rings is 2. The summed E-state index contributed by atoms with van der Waals surface area (Å²) in [5.74, 6) is 0. The minimum atomic E-state index is 0.577. The standard InChI is InChI=1S/C41H27N5/c1-26(22-42)18-32(24-44)33-20-30-14-15-31(21-39(30)46-25-33)41-36-8-4-2-6-34(36)40(35-7-3-5-9-37(35)41)29-12-10-28(11-13-29)38-19-27(23-43)16-17-45-38/h2-21,24-25H,44H2,1H3/b26-18+,32-24+. The molecule has 0 aliphatic heterocycles. The van der Waals surface area contributed by atoms with Crippen molar-refractivity contribution in [2.75, 3.05) is 0 Å². The second-order valence-corrected chi connectivity index (χ2v) is 11.2. The van der Waals surface area contributed by atoms with Gasteiger partial charge in [-0.1, -0.05) is 84.9 Å². The number of hydrogen-bond donors (Lipinski definition) is 1. The van der Waals surface area contributed by atoms with Crippen molar-refractivity contribution >= 4 is 38.0 Å². The van der Waals surface area contributed by atoms with Gasteiger partial charge in [-0.25, -0.2) is 0 Å². The number of aromatic nitrogens is 2. The van der Waals surface area contributed by atoms with E-state index in [9.17, 15) is 10.5 Å². The zero-order valence-electron chi connectivity index (χ0n) is 25.1. The van der Waals surface area contributed by atoms with Crippen LogP contribution in [0.15, 0.2) is 139 Å². The molecule has 0 saturated carbocycles. The molecule has 0 amide bonds. The molecule has 5 heteroatoms. The molecular weight excluding hydrogens is 562 g/mol. The SMILES string of the molecule is C/C(C#N)=C\C(=C/N)c1cnc2cc(-c3c4ccccc4c(-c4ccc(-c5cc(C#N)ccn5)cc4)c4ccccc34)ccc2c1. The Morgan fingerprint density at radius 3 is 1.91 bits per heavy atom. The molecule has 7 rings (SSSR count). The van der Waals surface area contributed by atoms with Crippen molar-refractivity contribution in [3.05, 3.63) is 151 Å². The highest BCUT2D eigenvalue weighted by atomic mass is 14.7. The van der Waals surface area contributed by atoms with E-state index in [4.69, 9.17) is 10.7 Å². The first-order valence-corrected chi connectivity index (χ1v) is 14.9. The third kappa shape index (κ3) is 5.03. The second-order valence-electron chi connectivity index (χ2n) is 11.2. The van der Waals surface area contributed by atoms with Gasteiger partial charge in [0.15, 0.2) is 0 Å². The molecule has 0 aliphatic carbocycles. The normalized spacial score (nSPS) is 11.9. The molecule has 0 bridgehead atoms. The summed E-state index contributed by atoms with van der Waals surface area (Å²) in [6.45, 7) is 1.76. The van der Waals surface area contributed by atoms with Crippen LogP contribution >= 0.6 is 0 Å². The van der Waals surface area contributed by atoms with E-state index < -0.39 is 0 Å². The minimum absolute atomic E-state index is 0.577. The van der Waals surface area contributed by atoms with Gasteiger partial charge in [0.25, 0.3) is 0 Å². The van der Waals surface area contributed by atoms with Crippen LogP contribution in [0.1, 0.15) is 18.1 Å². The number of nitrogens with two attached hydrogens (primary N) is 1. The molecule has 5 aromatic carbocycles. The largest absolute Gasteiger partial charge is 0.404 e. The van der Waals surface area contributed by atoms with Crippen molar-refractivity contribution in [1.29, 1.82) is 10.5 Å². The number of nitrogens with zero attached hydrogens (tertiary/aromatic N) is 4. The molecule has 46 heavy (non-hydrogen) atoms. The number of fused-ring (bicyclic) bond motifs is 3. The summed E-state index contributed by atoms with van der Waals surface area (Å²) >= 11 is 0. The van der Waals surface area contributed by atoms with Gasteiger partial charge >= 0.3 is 0 Å². The fraction of sp³-hybridized carbons (Fsp3) is 0.0244. The summed E-state index contributed by atoms with van der Waals surface area (Å²) in [6, 6.07) is 41.9. The monoisotopic (exact) mass is 589 g/mol. The second kappa shape index (κ2) is 11.8. The molecule has 7 aromatic rings. The highest BCUT2D eigenvalue weighted by Gasteiger charge is 2.17. The zero-order chi connectivity index (χ0) is 31.6. The van der Waals surface area contributed by atoms with Crippen LogP contribution in [-0.4, -0.2) is 9.97 Å². The van der Waals surface area contributed by atoms with E-state index in [2.05, 4.69) is 114 Å². The van der Waals surface area contributed by atoms with Crippen molar-refractivity contribution < 1.29 is 0 Å². The predicted octanol–water partition coefficient (Wildman–Crippen LogP) is 9.58. The quantitative estimate of drug-likeness (QED) is 0.122. The Kier molecular flexibility index (Phi) is 7.27. The molecule has 0 radical (unpaired) electrons. The summed E-state index contributed by atoms with van der Waals surface area (Å²) in [5.41, 5.74) is 15.8. The molecule has 2 N–H and O–H groups in total. The third-order valence-electron chi connectivity index (χ3n) is 8.32. The van der Waals surface area contributed by atoms with Gasteiger partial charge in [0.2, 0.25) is 0 Å². The Balaban J connectivity index is 1.38. The van der Waals surface area contributed by atoms with Crippen LogP contribution in [-0.2, 0) is 0 Å². The van der Waals surface area contributed by atoms with Crippen molar-refractivity contribution in [2.24, 2.45) is 5.73 Å². The molecule has 5 nitrogen and oxygen atoms in total. The molecule has 0 spiro atoms. The van der Waals surface area contributed by atoms with E-state index in [0.29, 0.717) is 11.1 Å². The molecule has 0 unspecified atom stereocenters. The Morgan fingerprint density at radius 1 is 0.696 bits per heavy atom. The topological polar surface area (TPSA) is 99.4 Å². The molecule has 2 heterocycles. The lowest BCUT2D eigenvalue weighted by Gasteiger charge is -2.18.